The number of fused-ring (bicyclic) bond motifs is 1. The molecule has 23 heavy (non-hydrogen) atoms. The van der Waals surface area contributed by atoms with E-state index in [-0.39, 0.29) is 10.8 Å². The first-order chi connectivity index (χ1) is 10.9. The van der Waals surface area contributed by atoms with Crippen molar-refractivity contribution in [2.75, 3.05) is 25.0 Å². The Labute approximate surface area is 144 Å². The number of rotatable bonds is 5. The molecular formula is C15H17ClN2O3S2. The van der Waals surface area contributed by atoms with E-state index in [9.17, 15) is 13.5 Å². The van der Waals surface area contributed by atoms with Crippen molar-refractivity contribution < 1.29 is 13.5 Å². The van der Waals surface area contributed by atoms with Gasteiger partial charge in [0.05, 0.1) is 10.4 Å². The summed E-state index contributed by atoms with van der Waals surface area (Å²) in [6, 6.07) is 8.73. The van der Waals surface area contributed by atoms with Crippen molar-refractivity contribution in [2.24, 2.45) is 0 Å². The van der Waals surface area contributed by atoms with Gasteiger partial charge in [-0.1, -0.05) is 23.7 Å². The SMILES string of the molecule is CN1CCc2cc([C@@H](O)CNS(=O)(=O)c3ccc(Cl)s3)ccc21. The molecule has 3 rings (SSSR count). The second kappa shape index (κ2) is 6.41. The summed E-state index contributed by atoms with van der Waals surface area (Å²) in [7, 11) is -1.62. The van der Waals surface area contributed by atoms with Crippen LogP contribution < -0.4 is 9.62 Å². The number of nitrogens with one attached hydrogen (secondary N) is 1. The molecule has 2 aromatic rings. The van der Waals surface area contributed by atoms with Crippen molar-refractivity contribution in [2.45, 2.75) is 16.7 Å². The van der Waals surface area contributed by atoms with Crippen molar-refractivity contribution >= 4 is 38.6 Å². The number of likely N-dealkylation sites (N-methyl/N-ethyl adjacent to an activating group) is 1. The van der Waals surface area contributed by atoms with E-state index in [0.29, 0.717) is 9.90 Å². The first-order valence-electron chi connectivity index (χ1n) is 7.14. The van der Waals surface area contributed by atoms with Gasteiger partial charge < -0.3 is 10.0 Å². The van der Waals surface area contributed by atoms with Gasteiger partial charge in [-0.25, -0.2) is 13.1 Å². The predicted octanol–water partition coefficient (Wildman–Crippen LogP) is 2.41. The molecule has 1 aromatic heterocycles. The average Bonchev–Trinajstić information content (AvgIpc) is 3.12. The molecule has 0 fully saturated rings. The third kappa shape index (κ3) is 3.54. The summed E-state index contributed by atoms with van der Waals surface area (Å²) in [5, 5.41) is 10.3. The molecular weight excluding hydrogens is 356 g/mol. The molecule has 8 heteroatoms. The van der Waals surface area contributed by atoms with Crippen molar-refractivity contribution in [3.63, 3.8) is 0 Å². The molecule has 1 aliphatic heterocycles. The number of aliphatic hydroxyl groups is 1. The van der Waals surface area contributed by atoms with Crippen LogP contribution in [0.2, 0.25) is 4.34 Å². The van der Waals surface area contributed by atoms with Crippen LogP contribution in [0.1, 0.15) is 17.2 Å². The van der Waals surface area contributed by atoms with Crippen LogP contribution in [-0.2, 0) is 16.4 Å². The third-order valence-corrected chi connectivity index (χ3v) is 7.04. The topological polar surface area (TPSA) is 69.6 Å². The maximum absolute atomic E-state index is 12.1. The molecule has 0 unspecified atom stereocenters. The second-order valence-electron chi connectivity index (χ2n) is 5.49. The smallest absolute Gasteiger partial charge is 0.250 e. The lowest BCUT2D eigenvalue weighted by Gasteiger charge is -2.15. The van der Waals surface area contributed by atoms with E-state index in [1.165, 1.54) is 17.7 Å². The van der Waals surface area contributed by atoms with Gasteiger partial charge in [0.15, 0.2) is 0 Å². The zero-order valence-corrected chi connectivity index (χ0v) is 14.9. The average molecular weight is 373 g/mol. The molecule has 0 amide bonds. The van der Waals surface area contributed by atoms with Gasteiger partial charge in [0.2, 0.25) is 10.0 Å². The number of sulfonamides is 1. The van der Waals surface area contributed by atoms with Crippen molar-refractivity contribution in [1.82, 2.24) is 4.72 Å². The molecule has 0 radical (unpaired) electrons. The quantitative estimate of drug-likeness (QED) is 0.845. The molecule has 1 aromatic carbocycles. The van der Waals surface area contributed by atoms with Gasteiger partial charge in [-0.3, -0.25) is 0 Å². The number of benzene rings is 1. The fourth-order valence-corrected chi connectivity index (χ4v) is 5.18. The molecule has 1 aliphatic rings. The molecule has 0 saturated carbocycles. The molecule has 0 saturated heterocycles. The van der Waals surface area contributed by atoms with Crippen LogP contribution in [0.15, 0.2) is 34.5 Å². The standard InChI is InChI=1S/C15H17ClN2O3S2/c1-18-7-6-10-8-11(2-3-12(10)18)13(19)9-17-23(20,21)15-5-4-14(16)22-15/h2-5,8,13,17,19H,6-7,9H2,1H3/t13-/m0/s1. The highest BCUT2D eigenvalue weighted by molar-refractivity contribution is 7.91. The first kappa shape index (κ1) is 16.7. The normalized spacial score (nSPS) is 15.7. The monoisotopic (exact) mass is 372 g/mol. The molecule has 124 valence electrons. The van der Waals surface area contributed by atoms with Crippen LogP contribution >= 0.6 is 22.9 Å². The summed E-state index contributed by atoms with van der Waals surface area (Å²) in [5.74, 6) is 0. The highest BCUT2D eigenvalue weighted by Crippen LogP contribution is 2.29. The largest absolute Gasteiger partial charge is 0.387 e. The summed E-state index contributed by atoms with van der Waals surface area (Å²) < 4.78 is 27.3. The van der Waals surface area contributed by atoms with Gasteiger partial charge >= 0.3 is 0 Å². The lowest BCUT2D eigenvalue weighted by atomic mass is 10.0. The maximum Gasteiger partial charge on any atom is 0.250 e. The first-order valence-corrected chi connectivity index (χ1v) is 9.81. The van der Waals surface area contributed by atoms with Crippen molar-refractivity contribution in [3.8, 4) is 0 Å². The fraction of sp³-hybridized carbons (Fsp3) is 0.333. The minimum Gasteiger partial charge on any atom is -0.387 e. The number of aliphatic hydroxyl groups excluding tert-OH is 1. The summed E-state index contributed by atoms with van der Waals surface area (Å²) in [6.07, 6.45) is 0.0441. The number of nitrogens with zero attached hydrogens (tertiary/aromatic N) is 1. The van der Waals surface area contributed by atoms with E-state index in [0.717, 1.165) is 30.0 Å². The number of anilines is 1. The minimum atomic E-state index is -3.65. The Bertz CT molecular complexity index is 820. The lowest BCUT2D eigenvalue weighted by Crippen LogP contribution is -2.28. The van der Waals surface area contributed by atoms with Crippen LogP contribution in [0.4, 0.5) is 5.69 Å². The Hall–Kier alpha value is -1.12. The highest BCUT2D eigenvalue weighted by Gasteiger charge is 2.21. The zero-order chi connectivity index (χ0) is 16.6. The van der Waals surface area contributed by atoms with Crippen LogP contribution in [0.3, 0.4) is 0 Å². The summed E-state index contributed by atoms with van der Waals surface area (Å²) in [5.41, 5.74) is 3.05. The molecule has 2 heterocycles. The lowest BCUT2D eigenvalue weighted by molar-refractivity contribution is 0.182. The fourth-order valence-electron chi connectivity index (χ4n) is 2.61. The molecule has 0 bridgehead atoms. The summed E-state index contributed by atoms with van der Waals surface area (Å²) >= 11 is 6.75. The molecule has 0 aliphatic carbocycles. The van der Waals surface area contributed by atoms with Crippen molar-refractivity contribution in [1.29, 1.82) is 0 Å². The molecule has 1 atom stereocenters. The van der Waals surface area contributed by atoms with Crippen molar-refractivity contribution in [3.05, 3.63) is 45.8 Å². The van der Waals surface area contributed by atoms with Gasteiger partial charge in [0.1, 0.15) is 4.21 Å². The maximum atomic E-state index is 12.1. The number of thiophene rings is 1. The van der Waals surface area contributed by atoms with E-state index in [1.54, 1.807) is 0 Å². The zero-order valence-electron chi connectivity index (χ0n) is 12.5. The Morgan fingerprint density at radius 2 is 2.17 bits per heavy atom. The van der Waals surface area contributed by atoms with Crippen LogP contribution in [0, 0.1) is 0 Å². The Kier molecular flexibility index (Phi) is 4.66. The van der Waals surface area contributed by atoms with Gasteiger partial charge in [-0.15, -0.1) is 11.3 Å². The Morgan fingerprint density at radius 1 is 1.39 bits per heavy atom. The van der Waals surface area contributed by atoms with Crippen LogP contribution in [0.25, 0.3) is 0 Å². The highest BCUT2D eigenvalue weighted by atomic mass is 35.5. The predicted molar refractivity (Wildman–Crippen MR) is 92.9 cm³/mol. The van der Waals surface area contributed by atoms with Gasteiger partial charge in [0, 0.05) is 25.8 Å². The van der Waals surface area contributed by atoms with E-state index in [1.807, 2.05) is 25.2 Å². The second-order valence-corrected chi connectivity index (χ2v) is 9.19. The summed E-state index contributed by atoms with van der Waals surface area (Å²) in [6.45, 7) is 0.882. The van der Waals surface area contributed by atoms with E-state index in [4.69, 9.17) is 11.6 Å². The Balaban J connectivity index is 1.69. The number of hydrogen-bond donors (Lipinski definition) is 2. The van der Waals surface area contributed by atoms with E-state index < -0.39 is 16.1 Å². The van der Waals surface area contributed by atoms with Gasteiger partial charge in [-0.05, 0) is 35.7 Å². The Morgan fingerprint density at radius 3 is 2.87 bits per heavy atom. The van der Waals surface area contributed by atoms with Gasteiger partial charge in [0.25, 0.3) is 0 Å². The molecule has 0 spiro atoms. The number of hydrogen-bond acceptors (Lipinski definition) is 5. The van der Waals surface area contributed by atoms with Crippen LogP contribution in [-0.4, -0.2) is 33.7 Å². The van der Waals surface area contributed by atoms with E-state index in [2.05, 4.69) is 9.62 Å². The molecule has 2 N–H and O–H groups in total. The number of halogens is 1. The van der Waals surface area contributed by atoms with E-state index >= 15 is 0 Å². The van der Waals surface area contributed by atoms with Crippen LogP contribution in [0.5, 0.6) is 0 Å². The van der Waals surface area contributed by atoms with Gasteiger partial charge in [-0.2, -0.15) is 0 Å². The summed E-state index contributed by atoms with van der Waals surface area (Å²) in [4.78, 5) is 2.16. The third-order valence-electron chi connectivity index (χ3n) is 3.90. The molecule has 5 nitrogen and oxygen atoms in total. The minimum absolute atomic E-state index is 0.0769.